The molecular formula is C32H42O6. The molecule has 0 aliphatic carbocycles. The third-order valence-electron chi connectivity index (χ3n) is 6.81. The van der Waals surface area contributed by atoms with E-state index in [0.29, 0.717) is 50.0 Å². The highest BCUT2D eigenvalue weighted by Crippen LogP contribution is 2.30. The lowest BCUT2D eigenvalue weighted by atomic mass is 9.81. The SMILES string of the molecule is CC(C)(CCC(=O)CCC(=O)CCC(C)(C)CCC(=O)Oc1ccccc1)CCC(=O)Oc1ccccc1. The molecule has 6 heteroatoms. The second-order valence-electron chi connectivity index (χ2n) is 11.5. The summed E-state index contributed by atoms with van der Waals surface area (Å²) in [6.45, 7) is 8.16. The van der Waals surface area contributed by atoms with Crippen molar-refractivity contribution in [3.63, 3.8) is 0 Å². The van der Waals surface area contributed by atoms with Crippen LogP contribution in [-0.4, -0.2) is 23.5 Å². The van der Waals surface area contributed by atoms with Gasteiger partial charge in [-0.1, -0.05) is 64.1 Å². The van der Waals surface area contributed by atoms with Crippen molar-refractivity contribution in [3.8, 4) is 11.5 Å². The van der Waals surface area contributed by atoms with Gasteiger partial charge in [0, 0.05) is 38.5 Å². The van der Waals surface area contributed by atoms with Crippen LogP contribution < -0.4 is 9.47 Å². The predicted molar refractivity (Wildman–Crippen MR) is 148 cm³/mol. The largest absolute Gasteiger partial charge is 0.427 e. The molecule has 0 saturated heterocycles. The zero-order valence-electron chi connectivity index (χ0n) is 23.3. The van der Waals surface area contributed by atoms with E-state index >= 15 is 0 Å². The number of benzene rings is 2. The number of rotatable bonds is 17. The van der Waals surface area contributed by atoms with E-state index in [0.717, 1.165) is 0 Å². The Hall–Kier alpha value is -3.28. The number of ketones is 2. The number of esters is 2. The molecule has 206 valence electrons. The minimum Gasteiger partial charge on any atom is -0.427 e. The summed E-state index contributed by atoms with van der Waals surface area (Å²) in [5.41, 5.74) is -0.359. The van der Waals surface area contributed by atoms with E-state index in [9.17, 15) is 19.2 Å². The average molecular weight is 523 g/mol. The maximum atomic E-state index is 12.4. The van der Waals surface area contributed by atoms with Crippen molar-refractivity contribution in [1.29, 1.82) is 0 Å². The lowest BCUT2D eigenvalue weighted by Crippen LogP contribution is -2.19. The Morgan fingerprint density at radius 1 is 0.500 bits per heavy atom. The second kappa shape index (κ2) is 15.2. The zero-order valence-corrected chi connectivity index (χ0v) is 23.3. The van der Waals surface area contributed by atoms with E-state index in [1.807, 2.05) is 64.1 Å². The first-order valence-corrected chi connectivity index (χ1v) is 13.5. The van der Waals surface area contributed by atoms with Crippen LogP contribution in [0.3, 0.4) is 0 Å². The van der Waals surface area contributed by atoms with Crippen molar-refractivity contribution in [3.05, 3.63) is 60.7 Å². The third-order valence-corrected chi connectivity index (χ3v) is 6.81. The van der Waals surface area contributed by atoms with Crippen LogP contribution in [0.25, 0.3) is 0 Å². The molecule has 0 atom stereocenters. The summed E-state index contributed by atoms with van der Waals surface area (Å²) in [4.78, 5) is 49.0. The summed E-state index contributed by atoms with van der Waals surface area (Å²) in [5, 5.41) is 0. The molecule has 6 nitrogen and oxygen atoms in total. The van der Waals surface area contributed by atoms with Crippen LogP contribution in [0.15, 0.2) is 60.7 Å². The second-order valence-corrected chi connectivity index (χ2v) is 11.5. The van der Waals surface area contributed by atoms with Crippen LogP contribution >= 0.6 is 0 Å². The van der Waals surface area contributed by atoms with Crippen LogP contribution in [0.4, 0.5) is 0 Å². The first-order chi connectivity index (χ1) is 17.9. The fourth-order valence-corrected chi connectivity index (χ4v) is 3.96. The van der Waals surface area contributed by atoms with Gasteiger partial charge in [-0.2, -0.15) is 0 Å². The van der Waals surface area contributed by atoms with Gasteiger partial charge in [-0.15, -0.1) is 0 Å². The maximum absolute atomic E-state index is 12.4. The number of ether oxygens (including phenoxy) is 2. The summed E-state index contributed by atoms with van der Waals surface area (Å²) in [6, 6.07) is 18.0. The van der Waals surface area contributed by atoms with E-state index in [2.05, 4.69) is 0 Å². The van der Waals surface area contributed by atoms with Crippen LogP contribution in [0.1, 0.15) is 91.9 Å². The molecular weight excluding hydrogens is 480 g/mol. The Morgan fingerprint density at radius 3 is 1.16 bits per heavy atom. The highest BCUT2D eigenvalue weighted by atomic mass is 16.5. The van der Waals surface area contributed by atoms with Gasteiger partial charge in [0.2, 0.25) is 0 Å². The van der Waals surface area contributed by atoms with E-state index in [4.69, 9.17) is 9.47 Å². The van der Waals surface area contributed by atoms with Gasteiger partial charge in [0.05, 0.1) is 0 Å². The Morgan fingerprint density at radius 2 is 0.816 bits per heavy atom. The minimum absolute atomic E-state index is 0.0706. The standard InChI is InChI=1S/C32H42O6/c1-31(2,23-19-29(35)37-27-11-7-5-8-12-27)21-17-25(33)15-16-26(34)18-22-32(3,4)24-20-30(36)38-28-13-9-6-10-14-28/h5-14H,15-24H2,1-4H3. The summed E-state index contributed by atoms with van der Waals surface area (Å²) >= 11 is 0. The highest BCUT2D eigenvalue weighted by Gasteiger charge is 2.23. The van der Waals surface area contributed by atoms with Gasteiger partial charge in [0.25, 0.3) is 0 Å². The number of para-hydroxylation sites is 2. The van der Waals surface area contributed by atoms with Crippen molar-refractivity contribution in [2.45, 2.75) is 91.9 Å². The lowest BCUT2D eigenvalue weighted by Gasteiger charge is -2.24. The Labute approximate surface area is 227 Å². The van der Waals surface area contributed by atoms with Gasteiger partial charge < -0.3 is 9.47 Å². The average Bonchev–Trinajstić information content (AvgIpc) is 2.89. The van der Waals surface area contributed by atoms with Crippen molar-refractivity contribution in [2.24, 2.45) is 10.8 Å². The molecule has 0 amide bonds. The normalized spacial score (nSPS) is 11.6. The van der Waals surface area contributed by atoms with Crippen LogP contribution in [0, 0.1) is 10.8 Å². The van der Waals surface area contributed by atoms with E-state index in [1.165, 1.54) is 0 Å². The Bertz CT molecular complexity index is 955. The molecule has 2 aromatic rings. The molecule has 0 fully saturated rings. The van der Waals surface area contributed by atoms with E-state index in [1.54, 1.807) is 24.3 Å². The van der Waals surface area contributed by atoms with Crippen LogP contribution in [-0.2, 0) is 19.2 Å². The van der Waals surface area contributed by atoms with Crippen molar-refractivity contribution >= 4 is 23.5 Å². The van der Waals surface area contributed by atoms with Crippen molar-refractivity contribution in [1.82, 2.24) is 0 Å². The molecule has 0 aliphatic rings. The summed E-state index contributed by atoms with van der Waals surface area (Å²) in [7, 11) is 0. The smallest absolute Gasteiger partial charge is 0.311 e. The van der Waals surface area contributed by atoms with Gasteiger partial charge in [0.1, 0.15) is 23.1 Å². The maximum Gasteiger partial charge on any atom is 0.311 e. The quantitative estimate of drug-likeness (QED) is 0.160. The predicted octanol–water partition coefficient (Wildman–Crippen LogP) is 7.29. The molecule has 0 aromatic heterocycles. The van der Waals surface area contributed by atoms with Crippen molar-refractivity contribution < 1.29 is 28.7 Å². The van der Waals surface area contributed by atoms with Crippen molar-refractivity contribution in [2.75, 3.05) is 0 Å². The Kier molecular flexibility index (Phi) is 12.4. The first kappa shape index (κ1) is 30.9. The first-order valence-electron chi connectivity index (χ1n) is 13.5. The molecule has 0 spiro atoms. The molecule has 0 heterocycles. The number of hydrogen-bond donors (Lipinski definition) is 0. The van der Waals surface area contributed by atoms with E-state index < -0.39 is 0 Å². The van der Waals surface area contributed by atoms with Gasteiger partial charge in [0.15, 0.2) is 0 Å². The fraction of sp³-hybridized carbons (Fsp3) is 0.500. The summed E-state index contributed by atoms with van der Waals surface area (Å²) in [6.07, 6.45) is 4.41. The highest BCUT2D eigenvalue weighted by molar-refractivity contribution is 5.86. The minimum atomic E-state index is -0.280. The molecule has 2 aromatic carbocycles. The van der Waals surface area contributed by atoms with Crippen LogP contribution in [0.5, 0.6) is 11.5 Å². The Balaban J connectivity index is 1.60. The number of Topliss-reactive ketones (excluding diaryl/α,β-unsaturated/α-hetero) is 2. The molecule has 0 N–H and O–H groups in total. The van der Waals surface area contributed by atoms with Gasteiger partial charge >= 0.3 is 11.9 Å². The number of carbonyl (C=O) groups is 4. The molecule has 0 aliphatic heterocycles. The molecule has 0 saturated carbocycles. The molecule has 2 rings (SSSR count). The van der Waals surface area contributed by atoms with Crippen LogP contribution in [0.2, 0.25) is 0 Å². The lowest BCUT2D eigenvalue weighted by molar-refractivity contribution is -0.136. The topological polar surface area (TPSA) is 86.7 Å². The number of hydrogen-bond acceptors (Lipinski definition) is 6. The third kappa shape index (κ3) is 13.3. The molecule has 38 heavy (non-hydrogen) atoms. The monoisotopic (exact) mass is 522 g/mol. The molecule has 0 bridgehead atoms. The molecule has 0 unspecified atom stereocenters. The van der Waals surface area contributed by atoms with E-state index in [-0.39, 0.29) is 60.0 Å². The summed E-state index contributed by atoms with van der Waals surface area (Å²) < 4.78 is 10.7. The molecule has 0 radical (unpaired) electrons. The fourth-order valence-electron chi connectivity index (χ4n) is 3.96. The van der Waals surface area contributed by atoms with Gasteiger partial charge in [-0.3, -0.25) is 19.2 Å². The van der Waals surface area contributed by atoms with Gasteiger partial charge in [-0.25, -0.2) is 0 Å². The zero-order chi connectivity index (χ0) is 28.0. The van der Waals surface area contributed by atoms with Gasteiger partial charge in [-0.05, 0) is 60.8 Å². The number of carbonyl (C=O) groups excluding carboxylic acids is 4. The summed E-state index contributed by atoms with van der Waals surface area (Å²) in [5.74, 6) is 0.644.